The molecule has 2 aromatic rings. The van der Waals surface area contributed by atoms with Crippen LogP contribution in [0.4, 0.5) is 4.79 Å². The Morgan fingerprint density at radius 2 is 2.12 bits per heavy atom. The first-order chi connectivity index (χ1) is 11.4. The molecule has 0 fully saturated rings. The summed E-state index contributed by atoms with van der Waals surface area (Å²) in [6.07, 6.45) is 2.15. The second-order valence-electron chi connectivity index (χ2n) is 6.29. The summed E-state index contributed by atoms with van der Waals surface area (Å²) in [7, 11) is 5.84. The number of aromatic nitrogens is 2. The Morgan fingerprint density at radius 3 is 2.79 bits per heavy atom. The van der Waals surface area contributed by atoms with Gasteiger partial charge < -0.3 is 20.1 Å². The lowest BCUT2D eigenvalue weighted by molar-refractivity contribution is 0.198. The largest absolute Gasteiger partial charge is 0.340 e. The highest BCUT2D eigenvalue weighted by Gasteiger charge is 2.15. The number of benzene rings is 1. The molecule has 24 heavy (non-hydrogen) atoms. The molecule has 6 nitrogen and oxygen atoms in total. The Bertz CT molecular complexity index is 685. The maximum atomic E-state index is 12.3. The van der Waals surface area contributed by atoms with Gasteiger partial charge in [-0.15, -0.1) is 0 Å². The number of aromatic amines is 1. The number of H-pyrrole nitrogens is 1. The van der Waals surface area contributed by atoms with Crippen LogP contribution in [0.5, 0.6) is 0 Å². The van der Waals surface area contributed by atoms with Crippen LogP contribution in [0, 0.1) is 0 Å². The van der Waals surface area contributed by atoms with Gasteiger partial charge in [-0.1, -0.05) is 24.9 Å². The lowest BCUT2D eigenvalue weighted by Crippen LogP contribution is -2.44. The molecule has 0 spiro atoms. The van der Waals surface area contributed by atoms with Gasteiger partial charge in [-0.25, -0.2) is 9.78 Å². The normalized spacial score (nSPS) is 12.6. The lowest BCUT2D eigenvalue weighted by atomic mass is 10.1. The summed E-state index contributed by atoms with van der Waals surface area (Å²) in [5.74, 6) is 0.739. The molecule has 0 saturated carbocycles. The van der Waals surface area contributed by atoms with E-state index in [9.17, 15) is 4.79 Å². The average Bonchev–Trinajstić information content (AvgIpc) is 2.91. The molecular formula is C17H26ClN5O. The van der Waals surface area contributed by atoms with Crippen LogP contribution in [-0.2, 0) is 6.54 Å². The van der Waals surface area contributed by atoms with Gasteiger partial charge in [0.1, 0.15) is 5.82 Å². The Balaban J connectivity index is 1.92. The third kappa shape index (κ3) is 4.85. The second kappa shape index (κ2) is 8.35. The molecule has 1 heterocycles. The molecule has 2 rings (SSSR count). The molecule has 1 atom stereocenters. The Hall–Kier alpha value is -1.79. The molecule has 1 aromatic heterocycles. The number of halogens is 1. The quantitative estimate of drug-likeness (QED) is 0.805. The number of nitrogens with one attached hydrogen (secondary N) is 2. The number of fused-ring (bicyclic) bond motifs is 1. The van der Waals surface area contributed by atoms with Crippen LogP contribution in [-0.4, -0.2) is 59.5 Å². The van der Waals surface area contributed by atoms with Crippen LogP contribution in [0.15, 0.2) is 18.2 Å². The first-order valence-electron chi connectivity index (χ1n) is 8.20. The zero-order valence-corrected chi connectivity index (χ0v) is 15.5. The van der Waals surface area contributed by atoms with E-state index in [1.807, 2.05) is 26.2 Å². The van der Waals surface area contributed by atoms with Gasteiger partial charge in [0.15, 0.2) is 0 Å². The number of carbonyl (C=O) groups excluding carboxylic acids is 1. The fourth-order valence-corrected chi connectivity index (χ4v) is 2.79. The summed E-state index contributed by atoms with van der Waals surface area (Å²) in [6.45, 7) is 3.20. The minimum Gasteiger partial charge on any atom is -0.340 e. The first kappa shape index (κ1) is 18.5. The maximum absolute atomic E-state index is 12.3. The molecule has 2 amide bonds. The SMILES string of the molecule is CCCC(CNC(=O)N(C)Cc1nc2ccc(Cl)cc2[nH]1)N(C)C. The molecule has 1 unspecified atom stereocenters. The molecule has 0 aliphatic heterocycles. The van der Waals surface area contributed by atoms with Crippen molar-refractivity contribution >= 4 is 28.7 Å². The van der Waals surface area contributed by atoms with E-state index < -0.39 is 0 Å². The zero-order valence-electron chi connectivity index (χ0n) is 14.8. The van der Waals surface area contributed by atoms with Gasteiger partial charge in [0.05, 0.1) is 17.6 Å². The molecule has 0 saturated heterocycles. The van der Waals surface area contributed by atoms with Crippen molar-refractivity contribution in [2.45, 2.75) is 32.4 Å². The van der Waals surface area contributed by atoms with Crippen molar-refractivity contribution in [3.8, 4) is 0 Å². The van der Waals surface area contributed by atoms with Crippen LogP contribution in [0.3, 0.4) is 0 Å². The number of imidazole rings is 1. The molecule has 0 radical (unpaired) electrons. The fourth-order valence-electron chi connectivity index (χ4n) is 2.62. The summed E-state index contributed by atoms with van der Waals surface area (Å²) in [5.41, 5.74) is 1.72. The topological polar surface area (TPSA) is 64.3 Å². The molecule has 2 N–H and O–H groups in total. The third-order valence-corrected chi connectivity index (χ3v) is 4.30. The highest BCUT2D eigenvalue weighted by Crippen LogP contribution is 2.17. The summed E-state index contributed by atoms with van der Waals surface area (Å²) in [4.78, 5) is 23.7. The van der Waals surface area contributed by atoms with Gasteiger partial charge in [-0.05, 0) is 38.7 Å². The third-order valence-electron chi connectivity index (χ3n) is 4.07. The van der Waals surface area contributed by atoms with Gasteiger partial charge in [0, 0.05) is 24.7 Å². The minimum atomic E-state index is -0.101. The van der Waals surface area contributed by atoms with Crippen molar-refractivity contribution in [1.82, 2.24) is 25.1 Å². The molecular weight excluding hydrogens is 326 g/mol. The van der Waals surface area contributed by atoms with E-state index in [2.05, 4.69) is 27.1 Å². The number of nitrogens with zero attached hydrogens (tertiary/aromatic N) is 3. The van der Waals surface area contributed by atoms with Crippen LogP contribution in [0.1, 0.15) is 25.6 Å². The molecule has 0 bridgehead atoms. The summed E-state index contributed by atoms with van der Waals surface area (Å²) >= 11 is 5.98. The maximum Gasteiger partial charge on any atom is 0.317 e. The van der Waals surface area contributed by atoms with Crippen molar-refractivity contribution in [3.05, 3.63) is 29.0 Å². The molecule has 1 aromatic carbocycles. The summed E-state index contributed by atoms with van der Waals surface area (Å²) < 4.78 is 0. The Labute approximate surface area is 148 Å². The van der Waals surface area contributed by atoms with Crippen molar-refractivity contribution < 1.29 is 4.79 Å². The van der Waals surface area contributed by atoms with E-state index in [0.717, 1.165) is 29.7 Å². The number of hydrogen-bond donors (Lipinski definition) is 2. The molecule has 0 aliphatic rings. The first-order valence-corrected chi connectivity index (χ1v) is 8.58. The smallest absolute Gasteiger partial charge is 0.317 e. The number of hydrogen-bond acceptors (Lipinski definition) is 3. The van der Waals surface area contributed by atoms with Gasteiger partial charge in [-0.3, -0.25) is 0 Å². The fraction of sp³-hybridized carbons (Fsp3) is 0.529. The van der Waals surface area contributed by atoms with Crippen LogP contribution >= 0.6 is 11.6 Å². The van der Waals surface area contributed by atoms with Crippen LogP contribution in [0.2, 0.25) is 5.02 Å². The van der Waals surface area contributed by atoms with Gasteiger partial charge in [-0.2, -0.15) is 0 Å². The minimum absolute atomic E-state index is 0.101. The van der Waals surface area contributed by atoms with Crippen molar-refractivity contribution in [3.63, 3.8) is 0 Å². The number of carbonyl (C=O) groups is 1. The van der Waals surface area contributed by atoms with Crippen molar-refractivity contribution in [2.24, 2.45) is 0 Å². The molecule has 0 aliphatic carbocycles. The average molecular weight is 352 g/mol. The van der Waals surface area contributed by atoms with E-state index in [1.54, 1.807) is 18.0 Å². The number of urea groups is 1. The number of rotatable bonds is 7. The highest BCUT2D eigenvalue weighted by atomic mass is 35.5. The predicted octanol–water partition coefficient (Wildman–Crippen LogP) is 3.09. The van der Waals surface area contributed by atoms with E-state index in [-0.39, 0.29) is 6.03 Å². The second-order valence-corrected chi connectivity index (χ2v) is 6.73. The number of likely N-dealkylation sites (N-methyl/N-ethyl adjacent to an activating group) is 1. The van der Waals surface area contributed by atoms with Crippen molar-refractivity contribution in [2.75, 3.05) is 27.7 Å². The Kier molecular flexibility index (Phi) is 6.45. The highest BCUT2D eigenvalue weighted by molar-refractivity contribution is 6.31. The number of amides is 2. The molecule has 7 heteroatoms. The van der Waals surface area contributed by atoms with Crippen LogP contribution < -0.4 is 5.32 Å². The van der Waals surface area contributed by atoms with E-state index >= 15 is 0 Å². The van der Waals surface area contributed by atoms with Crippen molar-refractivity contribution in [1.29, 1.82) is 0 Å². The summed E-state index contributed by atoms with van der Waals surface area (Å²) in [5, 5.41) is 3.66. The van der Waals surface area contributed by atoms with E-state index in [4.69, 9.17) is 11.6 Å². The van der Waals surface area contributed by atoms with Gasteiger partial charge in [0.2, 0.25) is 0 Å². The van der Waals surface area contributed by atoms with E-state index in [1.165, 1.54) is 0 Å². The standard InChI is InChI=1S/C17H26ClN5O/c1-5-6-13(22(2)3)10-19-17(24)23(4)11-16-20-14-8-7-12(18)9-15(14)21-16/h7-9,13H,5-6,10-11H2,1-4H3,(H,19,24)(H,20,21). The summed E-state index contributed by atoms with van der Waals surface area (Å²) in [6, 6.07) is 5.75. The predicted molar refractivity (Wildman–Crippen MR) is 98.4 cm³/mol. The molecule has 132 valence electrons. The van der Waals surface area contributed by atoms with Crippen LogP contribution in [0.25, 0.3) is 11.0 Å². The lowest BCUT2D eigenvalue weighted by Gasteiger charge is -2.25. The van der Waals surface area contributed by atoms with Gasteiger partial charge >= 0.3 is 6.03 Å². The zero-order chi connectivity index (χ0) is 17.7. The monoisotopic (exact) mass is 351 g/mol. The Morgan fingerprint density at radius 1 is 1.38 bits per heavy atom. The van der Waals surface area contributed by atoms with Gasteiger partial charge in [0.25, 0.3) is 0 Å². The van der Waals surface area contributed by atoms with E-state index in [0.29, 0.717) is 24.2 Å².